The van der Waals surface area contributed by atoms with Gasteiger partial charge in [-0.25, -0.2) is 4.79 Å². The van der Waals surface area contributed by atoms with Crippen molar-refractivity contribution in [1.29, 1.82) is 0 Å². The molecule has 0 fully saturated rings. The molecule has 2 aromatic heterocycles. The van der Waals surface area contributed by atoms with Crippen LogP contribution in [-0.2, 0) is 10.5 Å². The number of ether oxygens (including phenoxy) is 1. The molecule has 2 aromatic rings. The van der Waals surface area contributed by atoms with Crippen LogP contribution in [0.15, 0.2) is 20.9 Å². The van der Waals surface area contributed by atoms with Gasteiger partial charge in [0.15, 0.2) is 4.34 Å². The maximum absolute atomic E-state index is 11.5. The van der Waals surface area contributed by atoms with E-state index in [0.29, 0.717) is 24.0 Å². The SMILES string of the molecule is CCOC(=O)c1ccc(CSc2nnc(NCC(C)C)s2)o1. The van der Waals surface area contributed by atoms with Crippen molar-refractivity contribution in [3.8, 4) is 0 Å². The summed E-state index contributed by atoms with van der Waals surface area (Å²) in [7, 11) is 0. The zero-order chi connectivity index (χ0) is 15.9. The number of nitrogens with one attached hydrogen (secondary N) is 1. The molecular weight excluding hydrogens is 322 g/mol. The number of esters is 1. The molecule has 2 rings (SSSR count). The molecule has 0 bridgehead atoms. The van der Waals surface area contributed by atoms with Crippen molar-refractivity contribution in [3.63, 3.8) is 0 Å². The molecule has 0 unspecified atom stereocenters. The lowest BCUT2D eigenvalue weighted by molar-refractivity contribution is 0.0488. The highest BCUT2D eigenvalue weighted by atomic mass is 32.2. The summed E-state index contributed by atoms with van der Waals surface area (Å²) in [6, 6.07) is 3.40. The molecule has 0 radical (unpaired) electrons. The average Bonchev–Trinajstić information content (AvgIpc) is 3.12. The summed E-state index contributed by atoms with van der Waals surface area (Å²) < 4.78 is 11.2. The van der Waals surface area contributed by atoms with Crippen LogP contribution in [0, 0.1) is 5.92 Å². The van der Waals surface area contributed by atoms with E-state index in [1.165, 1.54) is 23.1 Å². The maximum atomic E-state index is 11.5. The predicted molar refractivity (Wildman–Crippen MR) is 87.5 cm³/mol. The van der Waals surface area contributed by atoms with Gasteiger partial charge in [0.2, 0.25) is 10.9 Å². The number of furan rings is 1. The van der Waals surface area contributed by atoms with Gasteiger partial charge in [0.1, 0.15) is 5.76 Å². The minimum absolute atomic E-state index is 0.231. The Labute approximate surface area is 137 Å². The molecule has 0 atom stereocenters. The van der Waals surface area contributed by atoms with Gasteiger partial charge < -0.3 is 14.5 Å². The van der Waals surface area contributed by atoms with E-state index in [4.69, 9.17) is 9.15 Å². The standard InChI is InChI=1S/C14H19N3O3S2/c1-4-19-12(18)11-6-5-10(20-11)8-21-14-17-16-13(22-14)15-7-9(2)3/h5-6,9H,4,7-8H2,1-3H3,(H,15,16). The highest BCUT2D eigenvalue weighted by Gasteiger charge is 2.13. The Kier molecular flexibility index (Phi) is 6.26. The third kappa shape index (κ3) is 5.03. The Morgan fingerprint density at radius 2 is 2.27 bits per heavy atom. The van der Waals surface area contributed by atoms with Crippen molar-refractivity contribution in [2.45, 2.75) is 30.9 Å². The van der Waals surface area contributed by atoms with Crippen LogP contribution in [0.2, 0.25) is 0 Å². The first-order valence-electron chi connectivity index (χ1n) is 7.04. The molecule has 1 N–H and O–H groups in total. The van der Waals surface area contributed by atoms with Crippen LogP contribution in [0.25, 0.3) is 0 Å². The Bertz CT molecular complexity index is 610. The molecule has 22 heavy (non-hydrogen) atoms. The number of rotatable bonds is 8. The molecule has 0 aliphatic heterocycles. The number of hydrogen-bond acceptors (Lipinski definition) is 8. The summed E-state index contributed by atoms with van der Waals surface area (Å²) >= 11 is 3.04. The van der Waals surface area contributed by atoms with Crippen molar-refractivity contribution in [2.24, 2.45) is 5.92 Å². The summed E-state index contributed by atoms with van der Waals surface area (Å²) in [5, 5.41) is 12.3. The van der Waals surface area contributed by atoms with Crippen LogP contribution < -0.4 is 5.32 Å². The van der Waals surface area contributed by atoms with Gasteiger partial charge in [-0.3, -0.25) is 0 Å². The number of nitrogens with zero attached hydrogens (tertiary/aromatic N) is 2. The van der Waals surface area contributed by atoms with Gasteiger partial charge in [0.25, 0.3) is 0 Å². The van der Waals surface area contributed by atoms with Crippen LogP contribution in [0.4, 0.5) is 5.13 Å². The van der Waals surface area contributed by atoms with E-state index >= 15 is 0 Å². The lowest BCUT2D eigenvalue weighted by Gasteiger charge is -2.03. The van der Waals surface area contributed by atoms with Gasteiger partial charge in [-0.2, -0.15) is 0 Å². The summed E-state index contributed by atoms with van der Waals surface area (Å²) in [5.41, 5.74) is 0. The van der Waals surface area contributed by atoms with E-state index in [2.05, 4.69) is 29.4 Å². The van der Waals surface area contributed by atoms with E-state index < -0.39 is 5.97 Å². The number of aromatic nitrogens is 2. The Hall–Kier alpha value is -1.54. The molecule has 2 heterocycles. The first-order chi connectivity index (χ1) is 10.6. The second kappa shape index (κ2) is 8.19. The van der Waals surface area contributed by atoms with Gasteiger partial charge in [0.05, 0.1) is 12.4 Å². The lowest BCUT2D eigenvalue weighted by atomic mass is 10.2. The fourth-order valence-corrected chi connectivity index (χ4v) is 3.18. The smallest absolute Gasteiger partial charge is 0.374 e. The summed E-state index contributed by atoms with van der Waals surface area (Å²) in [6.07, 6.45) is 0. The van der Waals surface area contributed by atoms with E-state index in [9.17, 15) is 4.79 Å². The minimum Gasteiger partial charge on any atom is -0.460 e. The summed E-state index contributed by atoms with van der Waals surface area (Å²) in [6.45, 7) is 7.25. The number of anilines is 1. The fourth-order valence-electron chi connectivity index (χ4n) is 1.53. The molecule has 0 saturated carbocycles. The van der Waals surface area contributed by atoms with Crippen molar-refractivity contribution in [1.82, 2.24) is 10.2 Å². The highest BCUT2D eigenvalue weighted by Crippen LogP contribution is 2.29. The lowest BCUT2D eigenvalue weighted by Crippen LogP contribution is -2.07. The van der Waals surface area contributed by atoms with Gasteiger partial charge in [-0.05, 0) is 25.0 Å². The summed E-state index contributed by atoms with van der Waals surface area (Å²) in [5.74, 6) is 1.66. The van der Waals surface area contributed by atoms with Gasteiger partial charge in [-0.1, -0.05) is 36.9 Å². The van der Waals surface area contributed by atoms with E-state index in [0.717, 1.165) is 16.0 Å². The van der Waals surface area contributed by atoms with Crippen LogP contribution in [0.5, 0.6) is 0 Å². The second-order valence-electron chi connectivity index (χ2n) is 4.92. The normalized spacial score (nSPS) is 10.9. The molecule has 0 saturated heterocycles. The largest absolute Gasteiger partial charge is 0.460 e. The third-order valence-corrected chi connectivity index (χ3v) is 4.58. The number of hydrogen-bond donors (Lipinski definition) is 1. The monoisotopic (exact) mass is 341 g/mol. The molecule has 8 heteroatoms. The van der Waals surface area contributed by atoms with Crippen LogP contribution in [0.3, 0.4) is 0 Å². The quantitative estimate of drug-likeness (QED) is 0.580. The molecule has 0 spiro atoms. The molecule has 6 nitrogen and oxygen atoms in total. The zero-order valence-corrected chi connectivity index (χ0v) is 14.4. The highest BCUT2D eigenvalue weighted by molar-refractivity contribution is 8.00. The Balaban J connectivity index is 1.84. The van der Waals surface area contributed by atoms with Crippen molar-refractivity contribution in [3.05, 3.63) is 23.7 Å². The molecule has 120 valence electrons. The molecular formula is C14H19N3O3S2. The Morgan fingerprint density at radius 1 is 1.45 bits per heavy atom. The topological polar surface area (TPSA) is 77.2 Å². The van der Waals surface area contributed by atoms with E-state index in [1.807, 2.05) is 0 Å². The van der Waals surface area contributed by atoms with E-state index in [-0.39, 0.29) is 5.76 Å². The first kappa shape index (κ1) is 16.8. The predicted octanol–water partition coefficient (Wildman–Crippen LogP) is 3.67. The van der Waals surface area contributed by atoms with Gasteiger partial charge in [0, 0.05) is 6.54 Å². The molecule has 0 aromatic carbocycles. The third-order valence-electron chi connectivity index (χ3n) is 2.54. The zero-order valence-electron chi connectivity index (χ0n) is 12.8. The number of carbonyl (C=O) groups is 1. The van der Waals surface area contributed by atoms with Crippen LogP contribution in [-0.4, -0.2) is 29.3 Å². The van der Waals surface area contributed by atoms with Gasteiger partial charge in [-0.15, -0.1) is 10.2 Å². The second-order valence-corrected chi connectivity index (χ2v) is 7.12. The summed E-state index contributed by atoms with van der Waals surface area (Å²) in [4.78, 5) is 11.5. The van der Waals surface area contributed by atoms with Crippen molar-refractivity contribution >= 4 is 34.2 Å². The molecule has 0 amide bonds. The van der Waals surface area contributed by atoms with Gasteiger partial charge >= 0.3 is 5.97 Å². The average molecular weight is 341 g/mol. The minimum atomic E-state index is -0.435. The van der Waals surface area contributed by atoms with E-state index in [1.54, 1.807) is 19.1 Å². The number of carbonyl (C=O) groups excluding carboxylic acids is 1. The molecule has 0 aliphatic carbocycles. The Morgan fingerprint density at radius 3 is 3.00 bits per heavy atom. The molecule has 0 aliphatic rings. The number of thioether (sulfide) groups is 1. The van der Waals surface area contributed by atoms with Crippen molar-refractivity contribution < 1.29 is 13.9 Å². The van der Waals surface area contributed by atoms with Crippen LogP contribution >= 0.6 is 23.1 Å². The fraction of sp³-hybridized carbons (Fsp3) is 0.500. The maximum Gasteiger partial charge on any atom is 0.374 e. The van der Waals surface area contributed by atoms with Crippen LogP contribution in [0.1, 0.15) is 37.1 Å². The van der Waals surface area contributed by atoms with Crippen molar-refractivity contribution in [2.75, 3.05) is 18.5 Å². The first-order valence-corrected chi connectivity index (χ1v) is 8.84.